The van der Waals surface area contributed by atoms with Gasteiger partial charge in [-0.1, -0.05) is 20.8 Å². The third-order valence-corrected chi connectivity index (χ3v) is 3.58. The highest BCUT2D eigenvalue weighted by molar-refractivity contribution is 5.84. The third kappa shape index (κ3) is 2.49. The van der Waals surface area contributed by atoms with Crippen LogP contribution >= 0.6 is 0 Å². The zero-order valence-corrected chi connectivity index (χ0v) is 13.3. The molecule has 0 saturated heterocycles. The second-order valence-corrected chi connectivity index (χ2v) is 6.45. The average Bonchev–Trinajstić information content (AvgIpc) is 2.74. The van der Waals surface area contributed by atoms with Gasteiger partial charge in [0.1, 0.15) is 18.1 Å². The minimum Gasteiger partial charge on any atom is -0.423 e. The van der Waals surface area contributed by atoms with E-state index in [0.29, 0.717) is 11.5 Å². The Bertz CT molecular complexity index is 861. The average molecular weight is 320 g/mol. The van der Waals surface area contributed by atoms with Gasteiger partial charge in [0.05, 0.1) is 5.69 Å². The standard InChI is InChI=1S/C15H17FN4O3/c1-15(2,3)13-18-20(14(22)19(13)4)10-6-9-11(5-8(10)16)23-12(21)7-17-9/h5-6,17H,7H2,1-4H3. The molecular weight excluding hydrogens is 303 g/mol. The molecule has 1 aromatic carbocycles. The minimum atomic E-state index is -0.694. The molecule has 0 fully saturated rings. The fourth-order valence-corrected chi connectivity index (χ4v) is 2.50. The molecule has 0 unspecified atom stereocenters. The number of esters is 1. The van der Waals surface area contributed by atoms with Crippen LogP contribution in [-0.2, 0) is 17.3 Å². The van der Waals surface area contributed by atoms with Gasteiger partial charge in [0.2, 0.25) is 0 Å². The molecule has 0 aliphatic carbocycles. The molecule has 0 amide bonds. The number of carbonyl (C=O) groups is 1. The van der Waals surface area contributed by atoms with E-state index in [4.69, 9.17) is 4.74 Å². The summed E-state index contributed by atoms with van der Waals surface area (Å²) in [7, 11) is 1.60. The van der Waals surface area contributed by atoms with Crippen molar-refractivity contribution in [1.82, 2.24) is 14.3 Å². The molecule has 1 aliphatic heterocycles. The van der Waals surface area contributed by atoms with Crippen LogP contribution in [0.1, 0.15) is 26.6 Å². The van der Waals surface area contributed by atoms with Crippen LogP contribution in [-0.4, -0.2) is 26.9 Å². The Morgan fingerprint density at radius 2 is 2.00 bits per heavy atom. The number of hydrogen-bond acceptors (Lipinski definition) is 5. The SMILES string of the molecule is Cn1c(C(C)(C)C)nn(-c2cc3c(cc2F)OC(=O)CN3)c1=O. The Hall–Kier alpha value is -2.64. The Balaban J connectivity index is 2.17. The molecule has 1 aliphatic rings. The molecule has 3 rings (SSSR count). The van der Waals surface area contributed by atoms with Gasteiger partial charge in [-0.25, -0.2) is 14.0 Å². The number of hydrogen-bond donors (Lipinski definition) is 1. The molecule has 1 N–H and O–H groups in total. The summed E-state index contributed by atoms with van der Waals surface area (Å²) in [6.07, 6.45) is 0. The Labute approximate surface area is 131 Å². The van der Waals surface area contributed by atoms with Crippen molar-refractivity contribution in [2.45, 2.75) is 26.2 Å². The molecule has 2 heterocycles. The van der Waals surface area contributed by atoms with Crippen LogP contribution in [0.15, 0.2) is 16.9 Å². The Morgan fingerprint density at radius 1 is 1.30 bits per heavy atom. The second kappa shape index (κ2) is 4.94. The van der Waals surface area contributed by atoms with Crippen molar-refractivity contribution in [1.29, 1.82) is 0 Å². The first-order valence-corrected chi connectivity index (χ1v) is 7.13. The van der Waals surface area contributed by atoms with Crippen LogP contribution in [0.5, 0.6) is 5.75 Å². The topological polar surface area (TPSA) is 78.2 Å². The number of nitrogens with zero attached hydrogens (tertiary/aromatic N) is 3. The fourth-order valence-electron chi connectivity index (χ4n) is 2.50. The third-order valence-electron chi connectivity index (χ3n) is 3.58. The van der Waals surface area contributed by atoms with Crippen molar-refractivity contribution in [3.8, 4) is 11.4 Å². The van der Waals surface area contributed by atoms with Crippen LogP contribution in [0, 0.1) is 5.82 Å². The summed E-state index contributed by atoms with van der Waals surface area (Å²) >= 11 is 0. The van der Waals surface area contributed by atoms with Crippen LogP contribution in [0.25, 0.3) is 5.69 Å². The van der Waals surface area contributed by atoms with Crippen molar-refractivity contribution < 1.29 is 13.9 Å². The number of benzene rings is 1. The number of nitrogens with one attached hydrogen (secondary N) is 1. The van der Waals surface area contributed by atoms with Gasteiger partial charge < -0.3 is 10.1 Å². The van der Waals surface area contributed by atoms with Gasteiger partial charge in [-0.15, -0.1) is 5.10 Å². The highest BCUT2D eigenvalue weighted by Gasteiger charge is 2.26. The lowest BCUT2D eigenvalue weighted by Crippen LogP contribution is -2.27. The molecule has 0 saturated carbocycles. The molecule has 122 valence electrons. The van der Waals surface area contributed by atoms with E-state index < -0.39 is 17.5 Å². The molecule has 0 bridgehead atoms. The van der Waals surface area contributed by atoms with Crippen molar-refractivity contribution in [2.75, 3.05) is 11.9 Å². The van der Waals surface area contributed by atoms with Crippen molar-refractivity contribution in [3.63, 3.8) is 0 Å². The highest BCUT2D eigenvalue weighted by atomic mass is 19.1. The lowest BCUT2D eigenvalue weighted by Gasteiger charge is -2.18. The van der Waals surface area contributed by atoms with Crippen LogP contribution < -0.4 is 15.7 Å². The summed E-state index contributed by atoms with van der Waals surface area (Å²) in [4.78, 5) is 23.6. The number of rotatable bonds is 1. The van der Waals surface area contributed by atoms with Crippen LogP contribution in [0.3, 0.4) is 0 Å². The fraction of sp³-hybridized carbons (Fsp3) is 0.400. The maximum absolute atomic E-state index is 14.4. The van der Waals surface area contributed by atoms with E-state index in [1.807, 2.05) is 20.8 Å². The van der Waals surface area contributed by atoms with E-state index in [0.717, 1.165) is 10.7 Å². The lowest BCUT2D eigenvalue weighted by atomic mass is 9.96. The van der Waals surface area contributed by atoms with E-state index in [1.54, 1.807) is 7.05 Å². The van der Waals surface area contributed by atoms with Gasteiger partial charge in [-0.05, 0) is 6.07 Å². The zero-order chi connectivity index (χ0) is 16.9. The summed E-state index contributed by atoms with van der Waals surface area (Å²) in [5, 5.41) is 7.10. The summed E-state index contributed by atoms with van der Waals surface area (Å²) in [6, 6.07) is 2.49. The Kier molecular flexibility index (Phi) is 3.28. The smallest absolute Gasteiger partial charge is 0.350 e. The molecule has 7 nitrogen and oxygen atoms in total. The number of halogens is 1. The highest BCUT2D eigenvalue weighted by Crippen LogP contribution is 2.31. The van der Waals surface area contributed by atoms with E-state index in [1.165, 1.54) is 10.6 Å². The number of carbonyl (C=O) groups excluding carboxylic acids is 1. The van der Waals surface area contributed by atoms with Gasteiger partial charge >= 0.3 is 11.7 Å². The van der Waals surface area contributed by atoms with Crippen molar-refractivity contribution >= 4 is 11.7 Å². The molecule has 0 radical (unpaired) electrons. The van der Waals surface area contributed by atoms with E-state index in [-0.39, 0.29) is 23.4 Å². The van der Waals surface area contributed by atoms with Gasteiger partial charge in [0.25, 0.3) is 0 Å². The first kappa shape index (κ1) is 15.3. The molecule has 23 heavy (non-hydrogen) atoms. The van der Waals surface area contributed by atoms with Gasteiger partial charge in [-0.2, -0.15) is 4.68 Å². The molecule has 1 aromatic heterocycles. The number of aromatic nitrogens is 3. The Morgan fingerprint density at radius 3 is 2.61 bits per heavy atom. The summed E-state index contributed by atoms with van der Waals surface area (Å²) < 4.78 is 21.8. The monoisotopic (exact) mass is 320 g/mol. The van der Waals surface area contributed by atoms with Crippen LogP contribution in [0.4, 0.5) is 10.1 Å². The largest absolute Gasteiger partial charge is 0.423 e. The normalized spacial score (nSPS) is 14.2. The van der Waals surface area contributed by atoms with Crippen molar-refractivity contribution in [3.05, 3.63) is 34.3 Å². The molecule has 2 aromatic rings. The van der Waals surface area contributed by atoms with E-state index >= 15 is 0 Å². The minimum absolute atomic E-state index is 0.00491. The second-order valence-electron chi connectivity index (χ2n) is 6.45. The molecule has 8 heteroatoms. The van der Waals surface area contributed by atoms with Crippen LogP contribution in [0.2, 0.25) is 0 Å². The maximum atomic E-state index is 14.4. The van der Waals surface area contributed by atoms with Gasteiger partial charge in [0.15, 0.2) is 11.6 Å². The van der Waals surface area contributed by atoms with Crippen molar-refractivity contribution in [2.24, 2.45) is 7.05 Å². The summed E-state index contributed by atoms with van der Waals surface area (Å²) in [5.41, 5.74) is -0.361. The molecule has 0 spiro atoms. The van der Waals surface area contributed by atoms with E-state index in [2.05, 4.69) is 10.4 Å². The number of fused-ring (bicyclic) bond motifs is 1. The predicted octanol–water partition coefficient (Wildman–Crippen LogP) is 1.34. The van der Waals surface area contributed by atoms with Gasteiger partial charge in [-0.3, -0.25) is 4.57 Å². The zero-order valence-electron chi connectivity index (χ0n) is 13.3. The first-order valence-electron chi connectivity index (χ1n) is 7.13. The molecular formula is C15H17FN4O3. The molecule has 0 atom stereocenters. The quantitative estimate of drug-likeness (QED) is 0.634. The lowest BCUT2D eigenvalue weighted by molar-refractivity contribution is -0.132. The number of anilines is 1. The van der Waals surface area contributed by atoms with Gasteiger partial charge in [0, 0.05) is 18.5 Å². The summed E-state index contributed by atoms with van der Waals surface area (Å²) in [5.74, 6) is -0.544. The first-order chi connectivity index (χ1) is 10.7. The maximum Gasteiger partial charge on any atom is 0.350 e. The van der Waals surface area contributed by atoms with E-state index in [9.17, 15) is 14.0 Å². The predicted molar refractivity (Wildman–Crippen MR) is 81.6 cm³/mol. The summed E-state index contributed by atoms with van der Waals surface area (Å²) in [6.45, 7) is 5.75. The number of ether oxygens (including phenoxy) is 1.